The van der Waals surface area contributed by atoms with Crippen LogP contribution in [0.3, 0.4) is 0 Å². The number of carbonyl (C=O) groups is 1. The van der Waals surface area contributed by atoms with Crippen LogP contribution in [0.25, 0.3) is 22.6 Å². The van der Waals surface area contributed by atoms with Gasteiger partial charge in [-0.15, -0.1) is 0 Å². The third-order valence-electron chi connectivity index (χ3n) is 4.44. The molecule has 4 nitrogen and oxygen atoms in total. The maximum atomic E-state index is 12.2. The fourth-order valence-corrected chi connectivity index (χ4v) is 3.18. The van der Waals surface area contributed by atoms with E-state index in [1.54, 1.807) is 0 Å². The monoisotopic (exact) mass is 356 g/mol. The van der Waals surface area contributed by atoms with Crippen molar-refractivity contribution in [2.75, 3.05) is 5.32 Å². The second kappa shape index (κ2) is 7.08. The van der Waals surface area contributed by atoms with Crippen molar-refractivity contribution in [1.82, 2.24) is 4.98 Å². The van der Waals surface area contributed by atoms with Crippen molar-refractivity contribution in [2.24, 2.45) is 0 Å². The largest absolute Gasteiger partial charge is 0.436 e. The maximum absolute atomic E-state index is 12.2. The lowest BCUT2D eigenvalue weighted by Gasteiger charge is -2.06. The molecule has 1 heterocycles. The van der Waals surface area contributed by atoms with E-state index in [4.69, 9.17) is 4.42 Å². The SMILES string of the molecule is Cc1cc(C)c2oc(-c3ccc(NC(=O)Cc4ccccc4)cc3)nc2c1. The number of amides is 1. The Balaban J connectivity index is 1.50. The molecule has 0 atom stereocenters. The first-order valence-corrected chi connectivity index (χ1v) is 8.90. The summed E-state index contributed by atoms with van der Waals surface area (Å²) in [5.74, 6) is 0.544. The Morgan fingerprint density at radius 2 is 1.74 bits per heavy atom. The van der Waals surface area contributed by atoms with Crippen LogP contribution >= 0.6 is 0 Å². The van der Waals surface area contributed by atoms with Gasteiger partial charge in [0.05, 0.1) is 6.42 Å². The quantitative estimate of drug-likeness (QED) is 0.540. The van der Waals surface area contributed by atoms with Crippen LogP contribution in [0.2, 0.25) is 0 Å². The number of rotatable bonds is 4. The van der Waals surface area contributed by atoms with Gasteiger partial charge < -0.3 is 9.73 Å². The lowest BCUT2D eigenvalue weighted by Crippen LogP contribution is -2.14. The Bertz CT molecular complexity index is 1100. The van der Waals surface area contributed by atoms with E-state index in [0.29, 0.717) is 12.3 Å². The highest BCUT2D eigenvalue weighted by Crippen LogP contribution is 2.28. The zero-order chi connectivity index (χ0) is 18.8. The van der Waals surface area contributed by atoms with Crippen molar-refractivity contribution in [2.45, 2.75) is 20.3 Å². The van der Waals surface area contributed by atoms with E-state index in [1.165, 1.54) is 0 Å². The van der Waals surface area contributed by atoms with Crippen LogP contribution in [-0.4, -0.2) is 10.9 Å². The van der Waals surface area contributed by atoms with Gasteiger partial charge in [0, 0.05) is 11.3 Å². The second-order valence-corrected chi connectivity index (χ2v) is 6.74. The number of anilines is 1. The van der Waals surface area contributed by atoms with Crippen molar-refractivity contribution in [1.29, 1.82) is 0 Å². The van der Waals surface area contributed by atoms with Crippen molar-refractivity contribution < 1.29 is 9.21 Å². The fourth-order valence-electron chi connectivity index (χ4n) is 3.18. The first-order valence-electron chi connectivity index (χ1n) is 8.90. The number of nitrogens with zero attached hydrogens (tertiary/aromatic N) is 1. The summed E-state index contributed by atoms with van der Waals surface area (Å²) >= 11 is 0. The van der Waals surface area contributed by atoms with Crippen LogP contribution in [0.1, 0.15) is 16.7 Å². The number of nitrogens with one attached hydrogen (secondary N) is 1. The first-order chi connectivity index (χ1) is 13.1. The highest BCUT2D eigenvalue weighted by molar-refractivity contribution is 5.92. The minimum atomic E-state index is -0.0399. The third kappa shape index (κ3) is 3.75. The Morgan fingerprint density at radius 1 is 1.00 bits per heavy atom. The number of hydrogen-bond donors (Lipinski definition) is 1. The van der Waals surface area contributed by atoms with E-state index < -0.39 is 0 Å². The van der Waals surface area contributed by atoms with Crippen molar-refractivity contribution >= 4 is 22.7 Å². The molecule has 0 saturated heterocycles. The number of aryl methyl sites for hydroxylation is 2. The molecule has 3 aromatic carbocycles. The minimum Gasteiger partial charge on any atom is -0.436 e. The van der Waals surface area contributed by atoms with Gasteiger partial charge >= 0.3 is 0 Å². The zero-order valence-electron chi connectivity index (χ0n) is 15.3. The van der Waals surface area contributed by atoms with Crippen LogP contribution in [0.5, 0.6) is 0 Å². The average molecular weight is 356 g/mol. The summed E-state index contributed by atoms with van der Waals surface area (Å²) in [4.78, 5) is 16.8. The highest BCUT2D eigenvalue weighted by atomic mass is 16.3. The van der Waals surface area contributed by atoms with Gasteiger partial charge in [-0.1, -0.05) is 36.4 Å². The normalized spacial score (nSPS) is 10.9. The van der Waals surface area contributed by atoms with Crippen molar-refractivity contribution in [3.8, 4) is 11.5 Å². The molecular formula is C23H20N2O2. The topological polar surface area (TPSA) is 55.1 Å². The van der Waals surface area contributed by atoms with Gasteiger partial charge in [-0.3, -0.25) is 4.79 Å². The molecular weight excluding hydrogens is 336 g/mol. The van der Waals surface area contributed by atoms with Crippen molar-refractivity contribution in [3.05, 3.63) is 83.4 Å². The Morgan fingerprint density at radius 3 is 2.48 bits per heavy atom. The van der Waals surface area contributed by atoms with Crippen LogP contribution in [0, 0.1) is 13.8 Å². The lowest BCUT2D eigenvalue weighted by molar-refractivity contribution is -0.115. The molecule has 1 aromatic heterocycles. The summed E-state index contributed by atoms with van der Waals surface area (Å²) in [6.45, 7) is 4.07. The standard InChI is InChI=1S/C23H20N2O2/c1-15-12-16(2)22-20(13-15)25-23(27-22)18-8-10-19(11-9-18)24-21(26)14-17-6-4-3-5-7-17/h3-13H,14H2,1-2H3,(H,24,26). The number of fused-ring (bicyclic) bond motifs is 1. The van der Waals surface area contributed by atoms with Crippen LogP contribution in [0.15, 0.2) is 71.1 Å². The summed E-state index contributed by atoms with van der Waals surface area (Å²) in [5, 5.41) is 2.92. The van der Waals surface area contributed by atoms with Gasteiger partial charge in [0.1, 0.15) is 5.52 Å². The molecule has 0 aliphatic heterocycles. The minimum absolute atomic E-state index is 0.0399. The average Bonchev–Trinajstić information content (AvgIpc) is 3.07. The van der Waals surface area contributed by atoms with Crippen LogP contribution in [-0.2, 0) is 11.2 Å². The molecule has 0 unspecified atom stereocenters. The molecule has 0 spiro atoms. The van der Waals surface area contributed by atoms with Gasteiger partial charge in [0.25, 0.3) is 0 Å². The van der Waals surface area contributed by atoms with Gasteiger partial charge in [-0.2, -0.15) is 0 Å². The Labute approximate surface area is 157 Å². The smallest absolute Gasteiger partial charge is 0.228 e. The molecule has 0 radical (unpaired) electrons. The van der Waals surface area contributed by atoms with E-state index in [-0.39, 0.29) is 5.91 Å². The van der Waals surface area contributed by atoms with E-state index in [0.717, 1.165) is 39.0 Å². The molecule has 27 heavy (non-hydrogen) atoms. The second-order valence-electron chi connectivity index (χ2n) is 6.74. The summed E-state index contributed by atoms with van der Waals surface area (Å²) in [6, 6.07) is 21.3. The first kappa shape index (κ1) is 17.0. The fraction of sp³-hybridized carbons (Fsp3) is 0.130. The van der Waals surface area contributed by atoms with E-state index in [9.17, 15) is 4.79 Å². The number of hydrogen-bond acceptors (Lipinski definition) is 3. The molecule has 0 saturated carbocycles. The number of oxazole rings is 1. The van der Waals surface area contributed by atoms with Crippen LogP contribution in [0.4, 0.5) is 5.69 Å². The van der Waals surface area contributed by atoms with E-state index in [1.807, 2.05) is 74.5 Å². The number of aromatic nitrogens is 1. The number of carbonyl (C=O) groups excluding carboxylic acids is 1. The summed E-state index contributed by atoms with van der Waals surface area (Å²) in [6.07, 6.45) is 0.354. The molecule has 4 aromatic rings. The molecule has 0 bridgehead atoms. The van der Waals surface area contributed by atoms with Crippen LogP contribution < -0.4 is 5.32 Å². The molecule has 0 fully saturated rings. The predicted octanol–water partition coefficient (Wildman–Crippen LogP) is 5.29. The molecule has 0 aliphatic rings. The van der Waals surface area contributed by atoms with Gasteiger partial charge in [0.2, 0.25) is 11.8 Å². The molecule has 1 N–H and O–H groups in total. The Kier molecular flexibility index (Phi) is 4.47. The highest BCUT2D eigenvalue weighted by Gasteiger charge is 2.11. The molecule has 0 aliphatic carbocycles. The summed E-state index contributed by atoms with van der Waals surface area (Å²) in [5.41, 5.74) is 6.54. The lowest BCUT2D eigenvalue weighted by atomic mass is 10.1. The van der Waals surface area contributed by atoms with Crippen molar-refractivity contribution in [3.63, 3.8) is 0 Å². The zero-order valence-corrected chi connectivity index (χ0v) is 15.3. The molecule has 4 heteroatoms. The van der Waals surface area contributed by atoms with E-state index in [2.05, 4.69) is 16.4 Å². The molecule has 1 amide bonds. The summed E-state index contributed by atoms with van der Waals surface area (Å²) in [7, 11) is 0. The van der Waals surface area contributed by atoms with Gasteiger partial charge in [0.15, 0.2) is 5.58 Å². The maximum Gasteiger partial charge on any atom is 0.228 e. The van der Waals surface area contributed by atoms with Gasteiger partial charge in [-0.05, 0) is 60.9 Å². The van der Waals surface area contributed by atoms with Gasteiger partial charge in [-0.25, -0.2) is 4.98 Å². The van der Waals surface area contributed by atoms with E-state index >= 15 is 0 Å². The third-order valence-corrected chi connectivity index (χ3v) is 4.44. The number of benzene rings is 3. The summed E-state index contributed by atoms with van der Waals surface area (Å²) < 4.78 is 5.94. The molecule has 4 rings (SSSR count). The molecule has 134 valence electrons. The predicted molar refractivity (Wildman–Crippen MR) is 108 cm³/mol. The Hall–Kier alpha value is -3.40.